The molecule has 8 heteroatoms. The van der Waals surface area contributed by atoms with Crippen LogP contribution in [-0.4, -0.2) is 82.1 Å². The van der Waals surface area contributed by atoms with Gasteiger partial charge in [0.05, 0.1) is 13.4 Å². The minimum atomic E-state index is -0.0165. The van der Waals surface area contributed by atoms with Crippen molar-refractivity contribution in [3.8, 4) is 5.75 Å². The van der Waals surface area contributed by atoms with Gasteiger partial charge in [0.2, 0.25) is 5.91 Å². The van der Waals surface area contributed by atoms with Crippen LogP contribution in [0.4, 0.5) is 5.69 Å². The van der Waals surface area contributed by atoms with Crippen molar-refractivity contribution in [2.24, 2.45) is 4.99 Å². The Hall–Kier alpha value is -3.16. The summed E-state index contributed by atoms with van der Waals surface area (Å²) in [7, 11) is 5.17. The molecule has 1 fully saturated rings. The summed E-state index contributed by atoms with van der Waals surface area (Å²) in [6, 6.07) is 12.0. The lowest BCUT2D eigenvalue weighted by molar-refractivity contribution is -0.127. The van der Waals surface area contributed by atoms with Crippen LogP contribution >= 0.6 is 0 Å². The molecule has 1 aromatic carbocycles. The first-order valence-corrected chi connectivity index (χ1v) is 10.2. The molecule has 2 heterocycles. The fourth-order valence-electron chi connectivity index (χ4n) is 3.27. The predicted molar refractivity (Wildman–Crippen MR) is 118 cm³/mol. The summed E-state index contributed by atoms with van der Waals surface area (Å²) in [6.07, 6.45) is 2.44. The van der Waals surface area contributed by atoms with Gasteiger partial charge in [-0.05, 0) is 36.4 Å². The average molecular weight is 414 g/mol. The van der Waals surface area contributed by atoms with Gasteiger partial charge in [-0.25, -0.2) is 4.99 Å². The molecular weight excluding hydrogens is 382 g/mol. The van der Waals surface area contributed by atoms with Crippen molar-refractivity contribution in [3.63, 3.8) is 0 Å². The molecular formula is C22H31N5O3. The first-order chi connectivity index (χ1) is 14.6. The Morgan fingerprint density at radius 1 is 1.17 bits per heavy atom. The summed E-state index contributed by atoms with van der Waals surface area (Å²) in [4.78, 5) is 22.7. The summed E-state index contributed by atoms with van der Waals surface area (Å²) in [5.74, 6) is 2.54. The number of hydrogen-bond donors (Lipinski definition) is 1. The zero-order valence-corrected chi connectivity index (χ0v) is 18.0. The van der Waals surface area contributed by atoms with E-state index in [-0.39, 0.29) is 12.5 Å². The summed E-state index contributed by atoms with van der Waals surface area (Å²) in [6.45, 7) is 4.25. The topological polar surface area (TPSA) is 73.6 Å². The van der Waals surface area contributed by atoms with E-state index in [9.17, 15) is 4.79 Å². The molecule has 30 heavy (non-hydrogen) atoms. The number of hydrogen-bond acceptors (Lipinski definition) is 5. The zero-order valence-electron chi connectivity index (χ0n) is 18.0. The number of methoxy groups -OCH3 is 1. The molecule has 0 unspecified atom stereocenters. The van der Waals surface area contributed by atoms with Gasteiger partial charge in [0.1, 0.15) is 18.1 Å². The molecule has 1 aliphatic rings. The zero-order chi connectivity index (χ0) is 21.3. The van der Waals surface area contributed by atoms with E-state index in [1.165, 1.54) is 5.69 Å². The Morgan fingerprint density at radius 3 is 2.50 bits per heavy atom. The standard InChI is InChI=1S/C22H31N5O3/c1-25(2)21(28)17-24-22(23-11-10-20-5-4-16-30-20)27-14-12-26(13-15-27)18-6-8-19(29-3)9-7-18/h4-9,16H,10-15,17H2,1-3H3,(H,23,24). The molecule has 0 saturated carbocycles. The first-order valence-electron chi connectivity index (χ1n) is 10.2. The molecule has 8 nitrogen and oxygen atoms in total. The third-order valence-electron chi connectivity index (χ3n) is 5.11. The second kappa shape index (κ2) is 10.6. The van der Waals surface area contributed by atoms with E-state index in [1.54, 1.807) is 32.4 Å². The lowest BCUT2D eigenvalue weighted by atomic mass is 10.2. The lowest BCUT2D eigenvalue weighted by Gasteiger charge is -2.37. The average Bonchev–Trinajstić information content (AvgIpc) is 3.29. The van der Waals surface area contributed by atoms with Crippen LogP contribution in [0.15, 0.2) is 52.1 Å². The Bertz CT molecular complexity index is 810. The fraction of sp³-hybridized carbons (Fsp3) is 0.455. The summed E-state index contributed by atoms with van der Waals surface area (Å²) < 4.78 is 10.6. The number of nitrogens with one attached hydrogen (secondary N) is 1. The number of rotatable bonds is 7. The fourth-order valence-corrected chi connectivity index (χ4v) is 3.27. The third kappa shape index (κ3) is 5.92. The summed E-state index contributed by atoms with van der Waals surface area (Å²) >= 11 is 0. The van der Waals surface area contributed by atoms with Crippen LogP contribution in [0.1, 0.15) is 5.76 Å². The molecule has 1 aliphatic heterocycles. The Balaban J connectivity index is 1.59. The molecule has 1 aromatic heterocycles. The highest BCUT2D eigenvalue weighted by Crippen LogP contribution is 2.20. The normalized spacial score (nSPS) is 14.6. The molecule has 2 aromatic rings. The van der Waals surface area contributed by atoms with Crippen LogP contribution < -0.4 is 15.0 Å². The van der Waals surface area contributed by atoms with Crippen molar-refractivity contribution in [1.29, 1.82) is 0 Å². The monoisotopic (exact) mass is 413 g/mol. The van der Waals surface area contributed by atoms with E-state index < -0.39 is 0 Å². The first kappa shape index (κ1) is 21.5. The number of amides is 1. The second-order valence-corrected chi connectivity index (χ2v) is 7.36. The van der Waals surface area contributed by atoms with E-state index >= 15 is 0 Å². The van der Waals surface area contributed by atoms with Crippen molar-refractivity contribution < 1.29 is 13.9 Å². The van der Waals surface area contributed by atoms with Gasteiger partial charge >= 0.3 is 0 Å². The molecule has 162 valence electrons. The van der Waals surface area contributed by atoms with Crippen LogP contribution in [-0.2, 0) is 11.2 Å². The number of nitrogens with zero attached hydrogens (tertiary/aromatic N) is 4. The Morgan fingerprint density at radius 2 is 1.90 bits per heavy atom. The predicted octanol–water partition coefficient (Wildman–Crippen LogP) is 1.69. The molecule has 0 spiro atoms. The number of carbonyl (C=O) groups is 1. The number of aliphatic imine (C=N–C) groups is 1. The van der Waals surface area contributed by atoms with Crippen molar-refractivity contribution >= 4 is 17.6 Å². The SMILES string of the molecule is COc1ccc(N2CCN(C(=NCC(=O)N(C)C)NCCc3ccco3)CC2)cc1. The van der Waals surface area contributed by atoms with Gasteiger partial charge in [0.15, 0.2) is 5.96 Å². The number of likely N-dealkylation sites (N-methyl/N-ethyl adjacent to an activating group) is 1. The highest BCUT2D eigenvalue weighted by atomic mass is 16.5. The van der Waals surface area contributed by atoms with Gasteiger partial charge in [-0.2, -0.15) is 0 Å². The van der Waals surface area contributed by atoms with Crippen LogP contribution in [0.5, 0.6) is 5.75 Å². The molecule has 1 amide bonds. The minimum Gasteiger partial charge on any atom is -0.497 e. The van der Waals surface area contributed by atoms with Gasteiger partial charge in [0, 0.05) is 58.9 Å². The molecule has 0 radical (unpaired) electrons. The lowest BCUT2D eigenvalue weighted by Crippen LogP contribution is -2.53. The molecule has 1 saturated heterocycles. The van der Waals surface area contributed by atoms with Crippen LogP contribution in [0.3, 0.4) is 0 Å². The highest BCUT2D eigenvalue weighted by molar-refractivity contribution is 5.85. The smallest absolute Gasteiger partial charge is 0.243 e. The number of anilines is 1. The molecule has 0 aliphatic carbocycles. The maximum atomic E-state index is 12.0. The maximum Gasteiger partial charge on any atom is 0.243 e. The Labute approximate surface area is 178 Å². The van der Waals surface area contributed by atoms with E-state index in [4.69, 9.17) is 9.15 Å². The third-order valence-corrected chi connectivity index (χ3v) is 5.11. The van der Waals surface area contributed by atoms with E-state index in [0.29, 0.717) is 6.54 Å². The highest BCUT2D eigenvalue weighted by Gasteiger charge is 2.20. The molecule has 0 bridgehead atoms. The van der Waals surface area contributed by atoms with Crippen LogP contribution in [0.2, 0.25) is 0 Å². The summed E-state index contributed by atoms with van der Waals surface area (Å²) in [5.41, 5.74) is 1.18. The van der Waals surface area contributed by atoms with Gasteiger partial charge < -0.3 is 29.2 Å². The van der Waals surface area contributed by atoms with Crippen molar-refractivity contribution in [2.45, 2.75) is 6.42 Å². The quantitative estimate of drug-likeness (QED) is 0.550. The number of benzene rings is 1. The molecule has 3 rings (SSSR count). The van der Waals surface area contributed by atoms with Crippen molar-refractivity contribution in [2.75, 3.05) is 65.4 Å². The van der Waals surface area contributed by atoms with Crippen LogP contribution in [0, 0.1) is 0 Å². The number of piperazine rings is 1. The number of furan rings is 1. The van der Waals surface area contributed by atoms with Gasteiger partial charge in [-0.15, -0.1) is 0 Å². The van der Waals surface area contributed by atoms with Gasteiger partial charge in [0.25, 0.3) is 0 Å². The molecule has 1 N–H and O–H groups in total. The van der Waals surface area contributed by atoms with Crippen molar-refractivity contribution in [3.05, 3.63) is 48.4 Å². The summed E-state index contributed by atoms with van der Waals surface area (Å²) in [5, 5.41) is 3.40. The van der Waals surface area contributed by atoms with Gasteiger partial charge in [-0.3, -0.25) is 4.79 Å². The second-order valence-electron chi connectivity index (χ2n) is 7.36. The Kier molecular flexibility index (Phi) is 7.59. The maximum absolute atomic E-state index is 12.0. The van der Waals surface area contributed by atoms with E-state index in [0.717, 1.165) is 50.1 Å². The molecule has 0 atom stereocenters. The number of carbonyl (C=O) groups excluding carboxylic acids is 1. The largest absolute Gasteiger partial charge is 0.497 e. The van der Waals surface area contributed by atoms with Crippen molar-refractivity contribution in [1.82, 2.24) is 15.1 Å². The van der Waals surface area contributed by atoms with E-state index in [1.807, 2.05) is 24.3 Å². The number of ether oxygens (including phenoxy) is 1. The number of guanidine groups is 1. The minimum absolute atomic E-state index is 0.0165. The van der Waals surface area contributed by atoms with Gasteiger partial charge in [-0.1, -0.05) is 0 Å². The van der Waals surface area contributed by atoms with E-state index in [2.05, 4.69) is 32.2 Å². The van der Waals surface area contributed by atoms with Crippen LogP contribution in [0.25, 0.3) is 0 Å².